The van der Waals surface area contributed by atoms with Crippen molar-refractivity contribution in [1.82, 2.24) is 29.9 Å². The molecule has 4 aromatic rings. The Morgan fingerprint density at radius 1 is 1.00 bits per heavy atom. The molecule has 0 saturated carbocycles. The maximum Gasteiger partial charge on any atom is 0.174 e. The number of anilines is 1. The van der Waals surface area contributed by atoms with E-state index in [-0.39, 0.29) is 12.1 Å². The number of ether oxygens (including phenoxy) is 2. The Morgan fingerprint density at radius 3 is 2.47 bits per heavy atom. The Bertz CT molecular complexity index is 1320. The van der Waals surface area contributed by atoms with Crippen LogP contribution in [-0.4, -0.2) is 43.9 Å². The summed E-state index contributed by atoms with van der Waals surface area (Å²) in [6.07, 6.45) is 5.16. The van der Waals surface area contributed by atoms with Crippen LogP contribution < -0.4 is 19.7 Å². The fourth-order valence-electron chi connectivity index (χ4n) is 4.65. The normalized spacial score (nSPS) is 17.6. The summed E-state index contributed by atoms with van der Waals surface area (Å²) in [4.78, 5) is 6.75. The van der Waals surface area contributed by atoms with E-state index >= 15 is 0 Å². The number of aromatic nitrogens is 5. The zero-order valence-corrected chi connectivity index (χ0v) is 20.2. The van der Waals surface area contributed by atoms with Crippen LogP contribution in [0.2, 0.25) is 0 Å². The van der Waals surface area contributed by atoms with Gasteiger partial charge >= 0.3 is 0 Å². The topological polar surface area (TPSA) is 82.3 Å². The number of nitrogens with zero attached hydrogens (tertiary/aromatic N) is 6. The van der Waals surface area contributed by atoms with E-state index in [0.717, 1.165) is 28.3 Å². The van der Waals surface area contributed by atoms with E-state index in [1.165, 1.54) is 0 Å². The van der Waals surface area contributed by atoms with Crippen LogP contribution in [0.25, 0.3) is 0 Å². The van der Waals surface area contributed by atoms with Gasteiger partial charge < -0.3 is 19.7 Å². The van der Waals surface area contributed by atoms with E-state index in [4.69, 9.17) is 21.7 Å². The second-order valence-corrected chi connectivity index (χ2v) is 8.40. The molecular weight excluding hydrogens is 450 g/mol. The van der Waals surface area contributed by atoms with Gasteiger partial charge in [0, 0.05) is 29.2 Å². The summed E-state index contributed by atoms with van der Waals surface area (Å²) >= 11 is 5.88. The standard InChI is InChI=1S/C24H25N7O2S/c1-15-11-18(16(2)31(15)29-13-26-27-14-29)23-22(19-7-5-6-10-25-19)28-24(34)30(23)20-9-8-17(32-3)12-21(20)33-4/h5-14,22-23H,1-4H3,(H,28,34)/t22-,23+/m0/s1. The number of nitrogens with one attached hydrogen (secondary N) is 1. The number of thiocarbonyl (C=S) groups is 1. The van der Waals surface area contributed by atoms with Gasteiger partial charge in [-0.25, -0.2) is 4.68 Å². The second-order valence-electron chi connectivity index (χ2n) is 8.01. The van der Waals surface area contributed by atoms with E-state index in [1.54, 1.807) is 33.1 Å². The smallest absolute Gasteiger partial charge is 0.174 e. The zero-order chi connectivity index (χ0) is 23.8. The van der Waals surface area contributed by atoms with Crippen molar-refractivity contribution in [2.24, 2.45) is 0 Å². The van der Waals surface area contributed by atoms with E-state index < -0.39 is 0 Å². The number of methoxy groups -OCH3 is 2. The third-order valence-electron chi connectivity index (χ3n) is 6.13. The highest BCUT2D eigenvalue weighted by Crippen LogP contribution is 2.46. The number of aryl methyl sites for hydroxylation is 1. The lowest BCUT2D eigenvalue weighted by molar-refractivity contribution is 0.394. The second kappa shape index (κ2) is 8.79. The van der Waals surface area contributed by atoms with E-state index in [2.05, 4.69) is 50.0 Å². The SMILES string of the molecule is COc1ccc(N2C(=S)N[C@@H](c3ccccn3)[C@H]2c2cc(C)n(-n3cnnc3)c2C)c(OC)c1. The first-order valence-corrected chi connectivity index (χ1v) is 11.2. The lowest BCUT2D eigenvalue weighted by Crippen LogP contribution is -2.30. The van der Waals surface area contributed by atoms with Gasteiger partial charge in [0.05, 0.1) is 37.7 Å². The monoisotopic (exact) mass is 475 g/mol. The summed E-state index contributed by atoms with van der Waals surface area (Å²) in [5.41, 5.74) is 4.95. The van der Waals surface area contributed by atoms with Crippen LogP contribution in [0.1, 0.15) is 34.7 Å². The van der Waals surface area contributed by atoms with Gasteiger partial charge in [-0.15, -0.1) is 10.2 Å². The minimum absolute atomic E-state index is 0.171. The summed E-state index contributed by atoms with van der Waals surface area (Å²) in [7, 11) is 3.28. The molecule has 2 atom stereocenters. The first-order chi connectivity index (χ1) is 16.5. The van der Waals surface area contributed by atoms with Gasteiger partial charge in [-0.3, -0.25) is 9.66 Å². The quantitative estimate of drug-likeness (QED) is 0.424. The molecule has 10 heteroatoms. The van der Waals surface area contributed by atoms with Crippen molar-refractivity contribution in [2.45, 2.75) is 25.9 Å². The average Bonchev–Trinajstić information content (AvgIpc) is 3.57. The Morgan fingerprint density at radius 2 is 1.79 bits per heavy atom. The number of rotatable bonds is 6. The highest BCUT2D eigenvalue weighted by Gasteiger charge is 2.43. The molecular formula is C24H25N7O2S. The summed E-state index contributed by atoms with van der Waals surface area (Å²) < 4.78 is 15.1. The molecule has 0 unspecified atom stereocenters. The van der Waals surface area contributed by atoms with Gasteiger partial charge in [0.1, 0.15) is 24.2 Å². The molecule has 1 aliphatic rings. The van der Waals surface area contributed by atoms with Gasteiger partial charge in [-0.2, -0.15) is 0 Å². The van der Waals surface area contributed by atoms with Crippen LogP contribution >= 0.6 is 12.2 Å². The molecule has 0 amide bonds. The van der Waals surface area contributed by atoms with Crippen molar-refractivity contribution in [3.8, 4) is 11.5 Å². The average molecular weight is 476 g/mol. The highest BCUT2D eigenvalue weighted by molar-refractivity contribution is 7.80. The number of hydrogen-bond acceptors (Lipinski definition) is 6. The van der Waals surface area contributed by atoms with E-state index in [1.807, 2.05) is 41.1 Å². The van der Waals surface area contributed by atoms with Crippen LogP contribution in [0, 0.1) is 13.8 Å². The number of benzene rings is 1. The molecule has 0 spiro atoms. The molecule has 1 aliphatic heterocycles. The lowest BCUT2D eigenvalue weighted by Gasteiger charge is -2.29. The molecule has 9 nitrogen and oxygen atoms in total. The first-order valence-electron chi connectivity index (χ1n) is 10.8. The van der Waals surface area contributed by atoms with Gasteiger partial charge in [0.15, 0.2) is 5.11 Å². The van der Waals surface area contributed by atoms with Gasteiger partial charge in [0.25, 0.3) is 0 Å². The Kier molecular flexibility index (Phi) is 5.66. The first kappa shape index (κ1) is 21.9. The lowest BCUT2D eigenvalue weighted by atomic mass is 9.96. The Labute approximate surface area is 202 Å². The van der Waals surface area contributed by atoms with Crippen LogP contribution in [0.5, 0.6) is 11.5 Å². The van der Waals surface area contributed by atoms with Crippen molar-refractivity contribution in [2.75, 3.05) is 19.1 Å². The molecule has 1 saturated heterocycles. The summed E-state index contributed by atoms with van der Waals surface area (Å²) in [5, 5.41) is 12.0. The molecule has 0 bridgehead atoms. The van der Waals surface area contributed by atoms with Gasteiger partial charge in [-0.05, 0) is 56.4 Å². The third-order valence-corrected chi connectivity index (χ3v) is 6.45. The summed E-state index contributed by atoms with van der Waals surface area (Å²) in [6, 6.07) is 13.5. The van der Waals surface area contributed by atoms with Gasteiger partial charge in [-0.1, -0.05) is 6.07 Å². The van der Waals surface area contributed by atoms with E-state index in [0.29, 0.717) is 16.6 Å². The molecule has 34 heavy (non-hydrogen) atoms. The van der Waals surface area contributed by atoms with Crippen LogP contribution in [-0.2, 0) is 0 Å². The molecule has 5 rings (SSSR count). The zero-order valence-electron chi connectivity index (χ0n) is 19.3. The molecule has 3 aromatic heterocycles. The van der Waals surface area contributed by atoms with Crippen molar-refractivity contribution in [3.63, 3.8) is 0 Å². The fourth-order valence-corrected chi connectivity index (χ4v) is 4.98. The van der Waals surface area contributed by atoms with Crippen LogP contribution in [0.4, 0.5) is 5.69 Å². The van der Waals surface area contributed by atoms with Crippen molar-refractivity contribution >= 4 is 23.0 Å². The van der Waals surface area contributed by atoms with Gasteiger partial charge in [0.2, 0.25) is 0 Å². The minimum Gasteiger partial charge on any atom is -0.497 e. The number of hydrogen-bond donors (Lipinski definition) is 1. The molecule has 174 valence electrons. The fraction of sp³-hybridized carbons (Fsp3) is 0.250. The van der Waals surface area contributed by atoms with Crippen molar-refractivity contribution < 1.29 is 9.47 Å². The van der Waals surface area contributed by atoms with Crippen LogP contribution in [0.3, 0.4) is 0 Å². The Hall–Kier alpha value is -3.92. The van der Waals surface area contributed by atoms with Crippen molar-refractivity contribution in [1.29, 1.82) is 0 Å². The molecule has 0 radical (unpaired) electrons. The maximum atomic E-state index is 5.88. The molecule has 4 heterocycles. The third kappa shape index (κ3) is 3.56. The highest BCUT2D eigenvalue weighted by atomic mass is 32.1. The molecule has 1 N–H and O–H groups in total. The van der Waals surface area contributed by atoms with Crippen molar-refractivity contribution in [3.05, 3.63) is 84.0 Å². The summed E-state index contributed by atoms with van der Waals surface area (Å²) in [6.45, 7) is 4.15. The predicted octanol–water partition coefficient (Wildman–Crippen LogP) is 3.60. The molecule has 1 aromatic carbocycles. The summed E-state index contributed by atoms with van der Waals surface area (Å²) in [5.74, 6) is 1.38. The Balaban J connectivity index is 1.70. The minimum atomic E-state index is -0.180. The van der Waals surface area contributed by atoms with Crippen LogP contribution in [0.15, 0.2) is 61.3 Å². The molecule has 0 aliphatic carbocycles. The maximum absolute atomic E-state index is 5.88. The molecule has 1 fully saturated rings. The van der Waals surface area contributed by atoms with E-state index in [9.17, 15) is 0 Å². The number of pyridine rings is 1. The predicted molar refractivity (Wildman–Crippen MR) is 132 cm³/mol. The largest absolute Gasteiger partial charge is 0.497 e.